The maximum absolute atomic E-state index is 13.3. The van der Waals surface area contributed by atoms with Gasteiger partial charge in [0.1, 0.15) is 11.6 Å². The highest BCUT2D eigenvalue weighted by Gasteiger charge is 2.22. The molecule has 2 N–H and O–H groups in total. The maximum Gasteiger partial charge on any atom is 0.261 e. The van der Waals surface area contributed by atoms with E-state index in [-0.39, 0.29) is 16.1 Å². The Balaban J connectivity index is 1.77. The number of hydrogen-bond donors (Lipinski definition) is 1. The van der Waals surface area contributed by atoms with E-state index < -0.39 is 5.92 Å². The van der Waals surface area contributed by atoms with Crippen molar-refractivity contribution in [2.75, 3.05) is 13.0 Å². The van der Waals surface area contributed by atoms with Gasteiger partial charge in [-0.2, -0.15) is 4.98 Å². The number of aliphatic imine (C=N–C) groups is 1. The Morgan fingerprint density at radius 1 is 1.27 bits per heavy atom. The van der Waals surface area contributed by atoms with Crippen molar-refractivity contribution in [1.29, 1.82) is 0 Å². The lowest BCUT2D eigenvalue weighted by Crippen LogP contribution is -2.16. The lowest BCUT2D eigenvalue weighted by Gasteiger charge is -2.15. The minimum atomic E-state index is -0.440. The van der Waals surface area contributed by atoms with Gasteiger partial charge in [0.25, 0.3) is 5.89 Å². The van der Waals surface area contributed by atoms with Gasteiger partial charge in [-0.15, -0.1) is 11.6 Å². The standard InChI is InChI=1S/C23H24ClFN4O3S/c1-14-27-21(32-29-14)19-11-10-17(13-20(19)31-2)28-23(26)33-22(30)18(5-3-4-12-24)15-6-8-16(25)9-7-15/h6-11,13,18H,3-5,12H2,1-2H3,(H2,26,28). The Hall–Kier alpha value is -2.91. The molecule has 1 unspecified atom stereocenters. The quantitative estimate of drug-likeness (QED) is 0.180. The normalized spacial score (nSPS) is 12.5. The zero-order valence-corrected chi connectivity index (χ0v) is 19.8. The number of carbonyl (C=O) groups excluding carboxylic acids is 1. The molecule has 3 rings (SSSR count). The number of thioether (sulfide) groups is 1. The van der Waals surface area contributed by atoms with E-state index in [4.69, 9.17) is 26.6 Å². The second-order valence-electron chi connectivity index (χ2n) is 7.19. The molecule has 174 valence electrons. The van der Waals surface area contributed by atoms with Crippen molar-refractivity contribution < 1.29 is 18.4 Å². The molecule has 0 fully saturated rings. The molecule has 3 aromatic rings. The Kier molecular flexibility index (Phi) is 8.85. The lowest BCUT2D eigenvalue weighted by molar-refractivity contribution is -0.112. The molecular weight excluding hydrogens is 467 g/mol. The number of methoxy groups -OCH3 is 1. The summed E-state index contributed by atoms with van der Waals surface area (Å²) in [4.78, 5) is 21.6. The number of aromatic nitrogens is 2. The highest BCUT2D eigenvalue weighted by molar-refractivity contribution is 8.26. The van der Waals surface area contributed by atoms with Crippen LogP contribution in [0.1, 0.15) is 36.6 Å². The van der Waals surface area contributed by atoms with Crippen molar-refractivity contribution in [2.45, 2.75) is 32.1 Å². The van der Waals surface area contributed by atoms with Gasteiger partial charge < -0.3 is 15.0 Å². The first-order valence-electron chi connectivity index (χ1n) is 10.3. The Bertz CT molecular complexity index is 1120. The molecule has 0 aliphatic rings. The van der Waals surface area contributed by atoms with Gasteiger partial charge >= 0.3 is 0 Å². The van der Waals surface area contributed by atoms with E-state index in [1.54, 1.807) is 37.3 Å². The average molecular weight is 491 g/mol. The van der Waals surface area contributed by atoms with E-state index in [1.807, 2.05) is 0 Å². The van der Waals surface area contributed by atoms with Crippen LogP contribution in [0, 0.1) is 12.7 Å². The molecule has 2 aromatic carbocycles. The molecule has 1 heterocycles. The molecule has 0 aliphatic heterocycles. The first kappa shape index (κ1) is 24.7. The molecule has 1 atom stereocenters. The molecule has 0 radical (unpaired) electrons. The van der Waals surface area contributed by atoms with Gasteiger partial charge in [0.2, 0.25) is 5.12 Å². The molecule has 1 aromatic heterocycles. The predicted molar refractivity (Wildman–Crippen MR) is 129 cm³/mol. The number of halogens is 2. The van der Waals surface area contributed by atoms with E-state index in [9.17, 15) is 9.18 Å². The average Bonchev–Trinajstić information content (AvgIpc) is 3.23. The molecule has 10 heteroatoms. The van der Waals surface area contributed by atoms with Crippen LogP contribution in [0.15, 0.2) is 52.0 Å². The van der Waals surface area contributed by atoms with Gasteiger partial charge in [-0.1, -0.05) is 23.7 Å². The van der Waals surface area contributed by atoms with Crippen LogP contribution in [0.5, 0.6) is 5.75 Å². The van der Waals surface area contributed by atoms with Crippen molar-refractivity contribution in [3.05, 3.63) is 59.7 Å². The molecular formula is C23H24ClFN4O3S. The van der Waals surface area contributed by atoms with E-state index in [0.29, 0.717) is 41.0 Å². The fourth-order valence-corrected chi connectivity index (χ4v) is 4.16. The van der Waals surface area contributed by atoms with E-state index in [1.165, 1.54) is 19.2 Å². The lowest BCUT2D eigenvalue weighted by atomic mass is 9.95. The van der Waals surface area contributed by atoms with Crippen molar-refractivity contribution >= 4 is 39.3 Å². The summed E-state index contributed by atoms with van der Waals surface area (Å²) in [5.74, 6) is 1.04. The van der Waals surface area contributed by atoms with Gasteiger partial charge in [0.15, 0.2) is 11.0 Å². The van der Waals surface area contributed by atoms with Crippen molar-refractivity contribution in [1.82, 2.24) is 10.1 Å². The van der Waals surface area contributed by atoms with E-state index in [0.717, 1.165) is 30.2 Å². The van der Waals surface area contributed by atoms with Crippen molar-refractivity contribution in [3.8, 4) is 17.2 Å². The van der Waals surface area contributed by atoms with Crippen LogP contribution in [0.25, 0.3) is 11.5 Å². The van der Waals surface area contributed by atoms with Crippen LogP contribution >= 0.6 is 23.4 Å². The largest absolute Gasteiger partial charge is 0.496 e. The summed E-state index contributed by atoms with van der Waals surface area (Å²) < 4.78 is 24.0. The van der Waals surface area contributed by atoms with Crippen LogP contribution in [0.4, 0.5) is 10.1 Å². The number of ether oxygens (including phenoxy) is 1. The molecule has 0 saturated carbocycles. The number of aryl methyl sites for hydroxylation is 1. The van der Waals surface area contributed by atoms with Crippen LogP contribution in [0.2, 0.25) is 0 Å². The molecule has 7 nitrogen and oxygen atoms in total. The van der Waals surface area contributed by atoms with Gasteiger partial charge in [-0.3, -0.25) is 4.79 Å². The van der Waals surface area contributed by atoms with Crippen LogP contribution < -0.4 is 10.5 Å². The summed E-state index contributed by atoms with van der Waals surface area (Å²) in [6.07, 6.45) is 2.14. The highest BCUT2D eigenvalue weighted by Crippen LogP contribution is 2.33. The summed E-state index contributed by atoms with van der Waals surface area (Å²) >= 11 is 6.64. The molecule has 0 spiro atoms. The smallest absolute Gasteiger partial charge is 0.261 e. The maximum atomic E-state index is 13.3. The highest BCUT2D eigenvalue weighted by atomic mass is 35.5. The number of benzene rings is 2. The van der Waals surface area contributed by atoms with Crippen molar-refractivity contribution in [2.24, 2.45) is 10.7 Å². The van der Waals surface area contributed by atoms with Crippen LogP contribution in [0.3, 0.4) is 0 Å². The second-order valence-corrected chi connectivity index (χ2v) is 8.59. The van der Waals surface area contributed by atoms with Crippen LogP contribution in [-0.4, -0.2) is 33.4 Å². The minimum Gasteiger partial charge on any atom is -0.496 e. The predicted octanol–water partition coefficient (Wildman–Crippen LogP) is 5.59. The zero-order chi connectivity index (χ0) is 23.8. The Labute approximate surface area is 200 Å². The molecule has 0 saturated heterocycles. The Morgan fingerprint density at radius 2 is 2.03 bits per heavy atom. The molecule has 0 amide bonds. The fraction of sp³-hybridized carbons (Fsp3) is 0.304. The number of hydrogen-bond acceptors (Lipinski definition) is 7. The van der Waals surface area contributed by atoms with E-state index >= 15 is 0 Å². The number of nitrogens with two attached hydrogens (primary N) is 1. The third-order valence-corrected chi connectivity index (χ3v) is 5.87. The SMILES string of the molecule is COc1cc(N=C(N)SC(=O)C(CCCCCl)c2ccc(F)cc2)ccc1-c1nc(C)no1. The molecule has 33 heavy (non-hydrogen) atoms. The second kappa shape index (κ2) is 11.8. The summed E-state index contributed by atoms with van der Waals surface area (Å²) in [5, 5.41) is 3.71. The van der Waals surface area contributed by atoms with Gasteiger partial charge in [-0.25, -0.2) is 9.38 Å². The number of unbranched alkanes of at least 4 members (excludes halogenated alkanes) is 1. The first-order valence-corrected chi connectivity index (χ1v) is 11.6. The number of nitrogens with zero attached hydrogens (tertiary/aromatic N) is 3. The number of alkyl halides is 1. The molecule has 0 bridgehead atoms. The van der Waals surface area contributed by atoms with E-state index in [2.05, 4.69) is 15.1 Å². The van der Waals surface area contributed by atoms with Crippen molar-refractivity contribution in [3.63, 3.8) is 0 Å². The van der Waals surface area contributed by atoms with Gasteiger partial charge in [-0.05, 0) is 61.4 Å². The number of amidine groups is 1. The summed E-state index contributed by atoms with van der Waals surface area (Å²) in [5.41, 5.74) is 7.93. The Morgan fingerprint density at radius 3 is 2.67 bits per heavy atom. The van der Waals surface area contributed by atoms with Crippen LogP contribution in [-0.2, 0) is 4.79 Å². The monoisotopic (exact) mass is 490 g/mol. The zero-order valence-electron chi connectivity index (χ0n) is 18.3. The number of carbonyl (C=O) groups is 1. The summed E-state index contributed by atoms with van der Waals surface area (Å²) in [7, 11) is 1.52. The summed E-state index contributed by atoms with van der Waals surface area (Å²) in [6.45, 7) is 1.72. The third kappa shape index (κ3) is 6.79. The third-order valence-electron chi connectivity index (χ3n) is 4.82. The number of rotatable bonds is 9. The molecule has 0 aliphatic carbocycles. The first-order chi connectivity index (χ1) is 15.9. The topological polar surface area (TPSA) is 104 Å². The van der Waals surface area contributed by atoms with Gasteiger partial charge in [0, 0.05) is 11.9 Å². The minimum absolute atomic E-state index is 0.0906. The summed E-state index contributed by atoms with van der Waals surface area (Å²) in [6, 6.07) is 11.1. The van der Waals surface area contributed by atoms with Gasteiger partial charge in [0.05, 0.1) is 24.3 Å². The fourth-order valence-electron chi connectivity index (χ4n) is 3.22.